The largest absolute Gasteiger partial charge is 0.384 e. The molecule has 0 heterocycles. The van der Waals surface area contributed by atoms with Gasteiger partial charge in [0.1, 0.15) is 0 Å². The maximum absolute atomic E-state index is 11.1. The van der Waals surface area contributed by atoms with Crippen molar-refractivity contribution in [2.24, 2.45) is 0 Å². The summed E-state index contributed by atoms with van der Waals surface area (Å²) in [5.74, 6) is 0.0855. The number of fused-ring (bicyclic) bond motifs is 1. The fourth-order valence-electron chi connectivity index (χ4n) is 2.38. The van der Waals surface area contributed by atoms with Crippen LogP contribution in [0.4, 0.5) is 5.69 Å². The number of amides is 1. The first kappa shape index (κ1) is 12.0. The average molecular weight is 232 g/mol. The Kier molecular flexibility index (Phi) is 4.02. The normalized spacial score (nSPS) is 13.9. The number of rotatable bonds is 4. The summed E-state index contributed by atoms with van der Waals surface area (Å²) in [6, 6.07) is 6.44. The Labute approximate surface area is 103 Å². The minimum atomic E-state index is 0.0855. The summed E-state index contributed by atoms with van der Waals surface area (Å²) in [5, 5.41) is 6.01. The molecule has 1 aliphatic rings. The highest BCUT2D eigenvalue weighted by molar-refractivity contribution is 5.76. The lowest BCUT2D eigenvalue weighted by Gasteiger charge is -2.20. The molecule has 0 fully saturated rings. The molecular formula is C14H20N2O. The van der Waals surface area contributed by atoms with Gasteiger partial charge in [0.05, 0.1) is 0 Å². The highest BCUT2D eigenvalue weighted by Crippen LogP contribution is 2.27. The van der Waals surface area contributed by atoms with E-state index < -0.39 is 0 Å². The Balaban J connectivity index is 1.98. The molecule has 0 unspecified atom stereocenters. The molecule has 3 heteroatoms. The first-order valence-corrected chi connectivity index (χ1v) is 6.36. The molecule has 17 heavy (non-hydrogen) atoms. The number of nitrogens with one attached hydrogen (secondary N) is 2. The Bertz CT molecular complexity index is 401. The fourth-order valence-corrected chi connectivity index (χ4v) is 2.38. The molecular weight excluding hydrogens is 212 g/mol. The Morgan fingerprint density at radius 2 is 2.12 bits per heavy atom. The van der Waals surface area contributed by atoms with Gasteiger partial charge < -0.3 is 10.6 Å². The number of aryl methyl sites for hydroxylation is 1. The van der Waals surface area contributed by atoms with Crippen LogP contribution in [-0.4, -0.2) is 19.5 Å². The SMILES string of the molecule is CNC(=O)CCNc1cccc2c1CCCC2. The van der Waals surface area contributed by atoms with Gasteiger partial charge in [-0.1, -0.05) is 12.1 Å². The number of carbonyl (C=O) groups is 1. The molecule has 2 N–H and O–H groups in total. The molecule has 0 bridgehead atoms. The summed E-state index contributed by atoms with van der Waals surface area (Å²) in [5.41, 5.74) is 4.14. The van der Waals surface area contributed by atoms with E-state index in [-0.39, 0.29) is 5.91 Å². The highest BCUT2D eigenvalue weighted by atomic mass is 16.1. The zero-order valence-corrected chi connectivity index (χ0v) is 10.4. The number of anilines is 1. The second-order valence-corrected chi connectivity index (χ2v) is 4.50. The van der Waals surface area contributed by atoms with Gasteiger partial charge in [0.15, 0.2) is 0 Å². The maximum atomic E-state index is 11.1. The van der Waals surface area contributed by atoms with Crippen LogP contribution in [0, 0.1) is 0 Å². The second kappa shape index (κ2) is 5.71. The van der Waals surface area contributed by atoms with Gasteiger partial charge in [-0.25, -0.2) is 0 Å². The molecule has 0 radical (unpaired) electrons. The third-order valence-electron chi connectivity index (χ3n) is 3.34. The summed E-state index contributed by atoms with van der Waals surface area (Å²) >= 11 is 0. The minimum Gasteiger partial charge on any atom is -0.384 e. The predicted octanol–water partition coefficient (Wildman–Crippen LogP) is 2.11. The van der Waals surface area contributed by atoms with Crippen molar-refractivity contribution in [2.75, 3.05) is 18.9 Å². The van der Waals surface area contributed by atoms with Gasteiger partial charge in [0, 0.05) is 25.7 Å². The number of hydrogen-bond donors (Lipinski definition) is 2. The van der Waals surface area contributed by atoms with Crippen LogP contribution in [0.3, 0.4) is 0 Å². The van der Waals surface area contributed by atoms with E-state index in [2.05, 4.69) is 28.8 Å². The molecule has 1 aliphatic carbocycles. The van der Waals surface area contributed by atoms with E-state index in [1.165, 1.54) is 42.5 Å². The minimum absolute atomic E-state index is 0.0855. The molecule has 2 rings (SSSR count). The van der Waals surface area contributed by atoms with E-state index in [4.69, 9.17) is 0 Å². The lowest BCUT2D eigenvalue weighted by atomic mass is 9.90. The predicted molar refractivity (Wildman–Crippen MR) is 70.3 cm³/mol. The molecule has 0 saturated heterocycles. The molecule has 0 atom stereocenters. The van der Waals surface area contributed by atoms with Crippen LogP contribution in [0.1, 0.15) is 30.4 Å². The van der Waals surface area contributed by atoms with Crippen LogP contribution in [0.25, 0.3) is 0 Å². The van der Waals surface area contributed by atoms with Crippen LogP contribution in [-0.2, 0) is 17.6 Å². The van der Waals surface area contributed by atoms with Crippen molar-refractivity contribution in [1.82, 2.24) is 5.32 Å². The molecule has 0 spiro atoms. The zero-order valence-electron chi connectivity index (χ0n) is 10.4. The molecule has 0 aromatic heterocycles. The van der Waals surface area contributed by atoms with E-state index >= 15 is 0 Å². The van der Waals surface area contributed by atoms with Crippen molar-refractivity contribution in [1.29, 1.82) is 0 Å². The molecule has 1 amide bonds. The van der Waals surface area contributed by atoms with Crippen LogP contribution in [0.2, 0.25) is 0 Å². The van der Waals surface area contributed by atoms with Crippen molar-refractivity contribution < 1.29 is 4.79 Å². The van der Waals surface area contributed by atoms with Crippen molar-refractivity contribution >= 4 is 11.6 Å². The Hall–Kier alpha value is -1.51. The number of carbonyl (C=O) groups excluding carboxylic acids is 1. The first-order chi connectivity index (χ1) is 8.31. The van der Waals surface area contributed by atoms with Crippen molar-refractivity contribution in [3.05, 3.63) is 29.3 Å². The smallest absolute Gasteiger partial charge is 0.221 e. The quantitative estimate of drug-likeness (QED) is 0.835. The van der Waals surface area contributed by atoms with Gasteiger partial charge in [-0.15, -0.1) is 0 Å². The summed E-state index contributed by atoms with van der Waals surface area (Å²) in [4.78, 5) is 11.1. The standard InChI is InChI=1S/C14H20N2O/c1-15-14(17)9-10-16-13-8-4-6-11-5-2-3-7-12(11)13/h4,6,8,16H,2-3,5,7,9-10H2,1H3,(H,15,17). The lowest BCUT2D eigenvalue weighted by Crippen LogP contribution is -2.21. The number of benzene rings is 1. The first-order valence-electron chi connectivity index (χ1n) is 6.36. The lowest BCUT2D eigenvalue weighted by molar-refractivity contribution is -0.120. The van der Waals surface area contributed by atoms with Gasteiger partial charge in [0.25, 0.3) is 0 Å². The van der Waals surface area contributed by atoms with Gasteiger partial charge >= 0.3 is 0 Å². The van der Waals surface area contributed by atoms with Crippen molar-refractivity contribution in [3.63, 3.8) is 0 Å². The third kappa shape index (κ3) is 2.99. The van der Waals surface area contributed by atoms with E-state index in [0.717, 1.165) is 0 Å². The highest BCUT2D eigenvalue weighted by Gasteiger charge is 2.12. The summed E-state index contributed by atoms with van der Waals surface area (Å²) in [6.45, 7) is 0.704. The topological polar surface area (TPSA) is 41.1 Å². The average Bonchev–Trinajstić information content (AvgIpc) is 2.39. The summed E-state index contributed by atoms with van der Waals surface area (Å²) in [7, 11) is 1.67. The monoisotopic (exact) mass is 232 g/mol. The van der Waals surface area contributed by atoms with Crippen LogP contribution in [0.15, 0.2) is 18.2 Å². The molecule has 1 aromatic rings. The zero-order chi connectivity index (χ0) is 12.1. The molecule has 1 aromatic carbocycles. The summed E-state index contributed by atoms with van der Waals surface area (Å²) < 4.78 is 0. The molecule has 92 valence electrons. The van der Waals surface area contributed by atoms with Crippen molar-refractivity contribution in [2.45, 2.75) is 32.1 Å². The molecule has 3 nitrogen and oxygen atoms in total. The van der Waals surface area contributed by atoms with E-state index in [1.807, 2.05) is 0 Å². The van der Waals surface area contributed by atoms with Crippen molar-refractivity contribution in [3.8, 4) is 0 Å². The van der Waals surface area contributed by atoms with Gasteiger partial charge in [-0.3, -0.25) is 4.79 Å². The van der Waals surface area contributed by atoms with Crippen LogP contribution >= 0.6 is 0 Å². The van der Waals surface area contributed by atoms with E-state index in [9.17, 15) is 4.79 Å². The maximum Gasteiger partial charge on any atom is 0.221 e. The number of hydrogen-bond acceptors (Lipinski definition) is 2. The summed E-state index contributed by atoms with van der Waals surface area (Å²) in [6.07, 6.45) is 5.47. The van der Waals surface area contributed by atoms with Crippen LogP contribution in [0.5, 0.6) is 0 Å². The van der Waals surface area contributed by atoms with E-state index in [0.29, 0.717) is 13.0 Å². The molecule has 0 aliphatic heterocycles. The van der Waals surface area contributed by atoms with E-state index in [1.54, 1.807) is 7.05 Å². The third-order valence-corrected chi connectivity index (χ3v) is 3.34. The Morgan fingerprint density at radius 1 is 1.29 bits per heavy atom. The van der Waals surface area contributed by atoms with Crippen LogP contribution < -0.4 is 10.6 Å². The fraction of sp³-hybridized carbons (Fsp3) is 0.500. The van der Waals surface area contributed by atoms with Gasteiger partial charge in [0.2, 0.25) is 5.91 Å². The Morgan fingerprint density at radius 3 is 2.94 bits per heavy atom. The van der Waals surface area contributed by atoms with Gasteiger partial charge in [-0.2, -0.15) is 0 Å². The second-order valence-electron chi connectivity index (χ2n) is 4.50. The molecule has 0 saturated carbocycles. The van der Waals surface area contributed by atoms with Gasteiger partial charge in [-0.05, 0) is 42.9 Å².